The summed E-state index contributed by atoms with van der Waals surface area (Å²) in [5, 5.41) is 9.72. The zero-order chi connectivity index (χ0) is 21.4. The fourth-order valence-corrected chi connectivity index (χ4v) is 3.74. The quantitative estimate of drug-likeness (QED) is 0.680. The van der Waals surface area contributed by atoms with E-state index in [9.17, 15) is 9.65 Å². The van der Waals surface area contributed by atoms with E-state index in [4.69, 9.17) is 24.7 Å². The lowest BCUT2D eigenvalue weighted by atomic mass is 9.83. The van der Waals surface area contributed by atoms with Crippen molar-refractivity contribution in [1.29, 1.82) is 5.26 Å². The molecule has 2 heterocycles. The average molecular weight is 416 g/mol. The number of ether oxygens (including phenoxy) is 4. The van der Waals surface area contributed by atoms with Gasteiger partial charge in [0.2, 0.25) is 12.7 Å². The van der Waals surface area contributed by atoms with E-state index in [1.54, 1.807) is 18.2 Å². The molecule has 1 unspecified atom stereocenters. The lowest BCUT2D eigenvalue weighted by Crippen LogP contribution is -2.21. The summed E-state index contributed by atoms with van der Waals surface area (Å²) in [4.78, 5) is 0. The molecule has 3 aromatic rings. The van der Waals surface area contributed by atoms with E-state index in [0.29, 0.717) is 28.6 Å². The van der Waals surface area contributed by atoms with Crippen LogP contribution in [0.1, 0.15) is 22.6 Å². The molecule has 0 fully saturated rings. The van der Waals surface area contributed by atoms with Crippen LogP contribution in [0.25, 0.3) is 0 Å². The Labute approximate surface area is 177 Å². The first kappa shape index (κ1) is 18.8. The van der Waals surface area contributed by atoms with Crippen molar-refractivity contribution in [2.45, 2.75) is 12.5 Å². The van der Waals surface area contributed by atoms with Crippen molar-refractivity contribution in [2.24, 2.45) is 5.73 Å². The summed E-state index contributed by atoms with van der Waals surface area (Å²) in [6.07, 6.45) is 0. The molecule has 31 heavy (non-hydrogen) atoms. The number of benzene rings is 3. The number of nitriles is 1. The maximum atomic E-state index is 13.3. The maximum Gasteiger partial charge on any atom is 0.231 e. The van der Waals surface area contributed by atoms with Gasteiger partial charge in [-0.2, -0.15) is 5.26 Å². The molecule has 6 nitrogen and oxygen atoms in total. The van der Waals surface area contributed by atoms with Crippen molar-refractivity contribution in [3.05, 3.63) is 94.6 Å². The Balaban J connectivity index is 1.44. The molecule has 1 atom stereocenters. The number of hydrogen-bond acceptors (Lipinski definition) is 6. The number of nitrogens with two attached hydrogens (primary N) is 1. The molecule has 0 saturated heterocycles. The highest BCUT2D eigenvalue weighted by Gasteiger charge is 2.33. The van der Waals surface area contributed by atoms with Crippen LogP contribution in [0, 0.1) is 17.1 Å². The molecular weight excluding hydrogens is 399 g/mol. The molecule has 3 aromatic carbocycles. The molecule has 0 radical (unpaired) electrons. The first-order chi connectivity index (χ1) is 15.1. The first-order valence-corrected chi connectivity index (χ1v) is 9.60. The van der Waals surface area contributed by atoms with E-state index in [1.807, 2.05) is 30.3 Å². The van der Waals surface area contributed by atoms with Crippen LogP contribution in [-0.4, -0.2) is 6.79 Å². The monoisotopic (exact) mass is 416 g/mol. The van der Waals surface area contributed by atoms with Gasteiger partial charge in [0.1, 0.15) is 35.6 Å². The average Bonchev–Trinajstić information content (AvgIpc) is 3.23. The van der Waals surface area contributed by atoms with Crippen molar-refractivity contribution in [1.82, 2.24) is 0 Å². The van der Waals surface area contributed by atoms with Crippen LogP contribution in [0.3, 0.4) is 0 Å². The molecule has 0 saturated carbocycles. The van der Waals surface area contributed by atoms with Crippen LogP contribution >= 0.6 is 0 Å². The summed E-state index contributed by atoms with van der Waals surface area (Å²) < 4.78 is 35.7. The Morgan fingerprint density at radius 3 is 2.55 bits per heavy atom. The number of rotatable bonds is 4. The highest BCUT2D eigenvalue weighted by molar-refractivity contribution is 5.61. The van der Waals surface area contributed by atoms with Gasteiger partial charge in [0, 0.05) is 11.6 Å². The third-order valence-electron chi connectivity index (χ3n) is 5.22. The fourth-order valence-electron chi connectivity index (χ4n) is 3.74. The molecule has 2 N–H and O–H groups in total. The minimum Gasteiger partial charge on any atom is -0.489 e. The Bertz CT molecular complexity index is 1230. The SMILES string of the molecule is N#CC1=C(N)Oc2cc3c(cc2C1c1ccc(OCc2cccc(F)c2)cc1)OCO3. The molecule has 5 rings (SSSR count). The van der Waals surface area contributed by atoms with E-state index >= 15 is 0 Å². The third-order valence-corrected chi connectivity index (χ3v) is 5.22. The van der Waals surface area contributed by atoms with Crippen LogP contribution in [-0.2, 0) is 6.61 Å². The maximum absolute atomic E-state index is 13.3. The van der Waals surface area contributed by atoms with E-state index in [-0.39, 0.29) is 25.1 Å². The Morgan fingerprint density at radius 1 is 1.03 bits per heavy atom. The Morgan fingerprint density at radius 2 is 1.81 bits per heavy atom. The zero-order valence-electron chi connectivity index (χ0n) is 16.3. The molecule has 0 spiro atoms. The van der Waals surface area contributed by atoms with Gasteiger partial charge in [0.05, 0.1) is 5.92 Å². The van der Waals surface area contributed by atoms with Gasteiger partial charge in [-0.15, -0.1) is 0 Å². The van der Waals surface area contributed by atoms with Crippen LogP contribution in [0.4, 0.5) is 4.39 Å². The standard InChI is InChI=1S/C24H17FN2O4/c25-16-3-1-2-14(8-16)12-28-17-6-4-15(5-7-17)23-18-9-21-22(30-13-29-21)10-20(18)31-24(27)19(23)11-26/h1-10,23H,12-13,27H2. The van der Waals surface area contributed by atoms with Crippen molar-refractivity contribution >= 4 is 0 Å². The van der Waals surface area contributed by atoms with Gasteiger partial charge in [0.25, 0.3) is 0 Å². The molecule has 2 aliphatic heterocycles. The van der Waals surface area contributed by atoms with Crippen LogP contribution < -0.4 is 24.7 Å². The number of nitrogens with zero attached hydrogens (tertiary/aromatic N) is 1. The summed E-state index contributed by atoms with van der Waals surface area (Å²) >= 11 is 0. The van der Waals surface area contributed by atoms with E-state index in [0.717, 1.165) is 16.7 Å². The second-order valence-electron chi connectivity index (χ2n) is 7.16. The molecule has 0 bridgehead atoms. The first-order valence-electron chi connectivity index (χ1n) is 9.60. The number of hydrogen-bond donors (Lipinski definition) is 1. The Hall–Kier alpha value is -4.18. The smallest absolute Gasteiger partial charge is 0.231 e. The lowest BCUT2D eigenvalue weighted by molar-refractivity contribution is 0.174. The largest absolute Gasteiger partial charge is 0.489 e. The van der Waals surface area contributed by atoms with Gasteiger partial charge in [0.15, 0.2) is 11.5 Å². The van der Waals surface area contributed by atoms with E-state index in [1.165, 1.54) is 12.1 Å². The molecular formula is C24H17FN2O4. The highest BCUT2D eigenvalue weighted by Crippen LogP contribution is 2.47. The van der Waals surface area contributed by atoms with E-state index < -0.39 is 5.92 Å². The van der Waals surface area contributed by atoms with Crippen LogP contribution in [0.15, 0.2) is 72.1 Å². The predicted molar refractivity (Wildman–Crippen MR) is 109 cm³/mol. The van der Waals surface area contributed by atoms with Crippen molar-refractivity contribution in [3.8, 4) is 29.1 Å². The van der Waals surface area contributed by atoms with Crippen LogP contribution in [0.2, 0.25) is 0 Å². The fraction of sp³-hybridized carbons (Fsp3) is 0.125. The minimum absolute atomic E-state index is 0.0605. The molecule has 154 valence electrons. The number of allylic oxidation sites excluding steroid dienone is 1. The van der Waals surface area contributed by atoms with Gasteiger partial charge >= 0.3 is 0 Å². The molecule has 0 aromatic heterocycles. The molecule has 2 aliphatic rings. The molecule has 0 aliphatic carbocycles. The predicted octanol–water partition coefficient (Wildman–Crippen LogP) is 4.35. The van der Waals surface area contributed by atoms with Crippen molar-refractivity contribution in [3.63, 3.8) is 0 Å². The van der Waals surface area contributed by atoms with Crippen molar-refractivity contribution < 1.29 is 23.3 Å². The van der Waals surface area contributed by atoms with Gasteiger partial charge in [-0.25, -0.2) is 4.39 Å². The summed E-state index contributed by atoms with van der Waals surface area (Å²) in [5.74, 6) is 1.67. The second-order valence-corrected chi connectivity index (χ2v) is 7.16. The van der Waals surface area contributed by atoms with Crippen molar-refractivity contribution in [2.75, 3.05) is 6.79 Å². The minimum atomic E-state index is -0.416. The zero-order valence-corrected chi connectivity index (χ0v) is 16.3. The topological polar surface area (TPSA) is 86.7 Å². The van der Waals surface area contributed by atoms with E-state index in [2.05, 4.69) is 6.07 Å². The number of fused-ring (bicyclic) bond motifs is 2. The van der Waals surface area contributed by atoms with Crippen LogP contribution in [0.5, 0.6) is 23.0 Å². The van der Waals surface area contributed by atoms with Gasteiger partial charge in [-0.05, 0) is 41.5 Å². The summed E-state index contributed by atoms with van der Waals surface area (Å²) in [6, 6.07) is 19.3. The number of halogens is 1. The second kappa shape index (κ2) is 7.58. The lowest BCUT2D eigenvalue weighted by Gasteiger charge is -2.26. The molecule has 7 heteroatoms. The normalized spacial score (nSPS) is 16.3. The summed E-state index contributed by atoms with van der Waals surface area (Å²) in [5.41, 5.74) is 8.71. The van der Waals surface area contributed by atoms with Gasteiger partial charge in [-0.1, -0.05) is 24.3 Å². The summed E-state index contributed by atoms with van der Waals surface area (Å²) in [6.45, 7) is 0.380. The molecule has 0 amide bonds. The van der Waals surface area contributed by atoms with Gasteiger partial charge in [-0.3, -0.25) is 0 Å². The van der Waals surface area contributed by atoms with Gasteiger partial charge < -0.3 is 24.7 Å². The third kappa shape index (κ3) is 3.49. The summed E-state index contributed by atoms with van der Waals surface area (Å²) in [7, 11) is 0. The highest BCUT2D eigenvalue weighted by atomic mass is 19.1. The Kier molecular flexibility index (Phi) is 4.60.